The Balaban J connectivity index is 2.08. The van der Waals surface area contributed by atoms with Crippen LogP contribution in [0.15, 0.2) is 0 Å². The van der Waals surface area contributed by atoms with Crippen LogP contribution in [0, 0.1) is 0 Å². The average Bonchev–Trinajstić information content (AvgIpc) is 1.76. The van der Waals surface area contributed by atoms with E-state index in [2.05, 4.69) is 0 Å². The maximum absolute atomic E-state index is 1.70. The molecule has 1 heterocycles. The second-order valence-electron chi connectivity index (χ2n) is 1.32. The van der Waals surface area contributed by atoms with Gasteiger partial charge in [0.1, 0.15) is 0 Å². The molecule has 0 radical (unpaired) electrons. The van der Waals surface area contributed by atoms with E-state index in [4.69, 9.17) is 0 Å². The molecule has 0 atom stereocenters. The van der Waals surface area contributed by atoms with Crippen LogP contribution in [0.4, 0.5) is 0 Å². The predicted octanol–water partition coefficient (Wildman–Crippen LogP) is 0.0147. The summed E-state index contributed by atoms with van der Waals surface area (Å²) in [5.41, 5.74) is 0. The predicted molar refractivity (Wildman–Crippen MR) is 28.5 cm³/mol. The number of hydrogen-bond acceptors (Lipinski definition) is 0. The molecule has 5 heavy (non-hydrogen) atoms. The van der Waals surface area contributed by atoms with E-state index in [1.165, 1.54) is 0 Å². The molecule has 0 bridgehead atoms. The molecule has 1 fully saturated rings. The van der Waals surface area contributed by atoms with E-state index in [1.807, 2.05) is 0 Å². The molecule has 1 rings (SSSR count). The Labute approximate surface area is 44.3 Å². The molecule has 0 N–H and O–H groups in total. The molecule has 0 nitrogen and oxygen atoms in total. The molecule has 0 aromatic carbocycles. The first kappa shape index (κ1) is 4.17. The van der Waals surface area contributed by atoms with Crippen LogP contribution in [-0.4, -0.2) is 27.2 Å². The van der Waals surface area contributed by atoms with Crippen molar-refractivity contribution in [3.8, 4) is 0 Å². The summed E-state index contributed by atoms with van der Waals surface area (Å²) in [7, 11) is 0.673. The van der Waals surface area contributed by atoms with Gasteiger partial charge in [-0.1, -0.05) is 0 Å². The summed E-state index contributed by atoms with van der Waals surface area (Å²) in [6.45, 7) is 0. The molecule has 0 aromatic heterocycles. The molecule has 0 unspecified atom stereocenters. The average molecular weight is 200 g/mol. The van der Waals surface area contributed by atoms with E-state index < -0.39 is 0 Å². The van der Waals surface area contributed by atoms with E-state index >= 15 is 0 Å². The second-order valence-corrected chi connectivity index (χ2v) is 11.0. The summed E-state index contributed by atoms with van der Waals surface area (Å²) in [5, 5.41) is 0. The normalized spacial score (nSPS) is 28.8. The van der Waals surface area contributed by atoms with Gasteiger partial charge in [0.2, 0.25) is 0 Å². The SMILES string of the molecule is C1C[SiH2][Te]C1. The molecule has 1 saturated heterocycles. The molecular weight excluding hydrogens is 192 g/mol. The fourth-order valence-corrected chi connectivity index (χ4v) is 10.3. The second kappa shape index (κ2) is 2.23. The minimum atomic E-state index is 0.673. The van der Waals surface area contributed by atoms with Gasteiger partial charge in [0.25, 0.3) is 0 Å². The first-order valence-electron chi connectivity index (χ1n) is 2.08. The van der Waals surface area contributed by atoms with Crippen molar-refractivity contribution in [1.82, 2.24) is 0 Å². The van der Waals surface area contributed by atoms with Crippen molar-refractivity contribution in [2.24, 2.45) is 0 Å². The molecule has 1 aliphatic heterocycles. The van der Waals surface area contributed by atoms with Crippen LogP contribution in [0.25, 0.3) is 0 Å². The molecule has 0 amide bonds. The zero-order chi connectivity index (χ0) is 3.54. The van der Waals surface area contributed by atoms with Crippen LogP contribution in [0.3, 0.4) is 0 Å². The van der Waals surface area contributed by atoms with Crippen LogP contribution < -0.4 is 0 Å². The van der Waals surface area contributed by atoms with Crippen molar-refractivity contribution < 1.29 is 0 Å². The molecule has 1 aliphatic rings. The van der Waals surface area contributed by atoms with Gasteiger partial charge in [-0.15, -0.1) is 0 Å². The summed E-state index contributed by atoms with van der Waals surface area (Å²) < 4.78 is 1.69. The zero-order valence-corrected chi connectivity index (χ0v) is 6.98. The fourth-order valence-electron chi connectivity index (χ4n) is 0.510. The van der Waals surface area contributed by atoms with Crippen LogP contribution in [0.2, 0.25) is 10.5 Å². The molecule has 30 valence electrons. The van der Waals surface area contributed by atoms with E-state index in [-0.39, 0.29) is 0 Å². The van der Waals surface area contributed by atoms with Crippen molar-refractivity contribution in [3.63, 3.8) is 0 Å². The van der Waals surface area contributed by atoms with Gasteiger partial charge < -0.3 is 0 Å². The molecule has 0 saturated carbocycles. The first-order valence-corrected chi connectivity index (χ1v) is 10.2. The minimum absolute atomic E-state index is 0.673. The van der Waals surface area contributed by atoms with Crippen LogP contribution in [-0.2, 0) is 0 Å². The van der Waals surface area contributed by atoms with Gasteiger partial charge in [-0.3, -0.25) is 0 Å². The van der Waals surface area contributed by atoms with Gasteiger partial charge in [0, 0.05) is 0 Å². The van der Waals surface area contributed by atoms with Gasteiger partial charge in [-0.05, 0) is 0 Å². The molecular formula is C3H8SiTe. The monoisotopic (exact) mass is 202 g/mol. The standard InChI is InChI=1S/C3H8SiTe/c1-2-4-5-3-1/h1-4H2. The van der Waals surface area contributed by atoms with Gasteiger partial charge >= 0.3 is 44.1 Å². The van der Waals surface area contributed by atoms with Crippen molar-refractivity contribution in [3.05, 3.63) is 0 Å². The topological polar surface area (TPSA) is 0 Å². The van der Waals surface area contributed by atoms with Crippen molar-refractivity contribution in [1.29, 1.82) is 0 Å². The Morgan fingerprint density at radius 2 is 2.60 bits per heavy atom. The zero-order valence-electron chi connectivity index (χ0n) is 3.24. The summed E-state index contributed by atoms with van der Waals surface area (Å²) in [4.78, 5) is 0. The van der Waals surface area contributed by atoms with E-state index in [1.54, 1.807) is 16.9 Å². The third-order valence-electron chi connectivity index (χ3n) is 0.827. The molecule has 2 heteroatoms. The van der Waals surface area contributed by atoms with Gasteiger partial charge in [0.05, 0.1) is 0 Å². The summed E-state index contributed by atoms with van der Waals surface area (Å²) >= 11 is 0.743. The summed E-state index contributed by atoms with van der Waals surface area (Å²) in [5.74, 6) is 0. The number of rotatable bonds is 0. The van der Waals surface area contributed by atoms with Gasteiger partial charge in [0.15, 0.2) is 0 Å². The summed E-state index contributed by atoms with van der Waals surface area (Å²) in [6.07, 6.45) is 1.62. The molecule has 0 spiro atoms. The van der Waals surface area contributed by atoms with E-state index in [0.717, 1.165) is 20.1 Å². The first-order chi connectivity index (χ1) is 2.50. The van der Waals surface area contributed by atoms with Crippen LogP contribution in [0.5, 0.6) is 0 Å². The van der Waals surface area contributed by atoms with Gasteiger partial charge in [-0.2, -0.15) is 0 Å². The Bertz CT molecular complexity index is 18.5. The van der Waals surface area contributed by atoms with Crippen LogP contribution >= 0.6 is 0 Å². The Kier molecular flexibility index (Phi) is 1.86. The van der Waals surface area contributed by atoms with Crippen molar-refractivity contribution in [2.75, 3.05) is 0 Å². The summed E-state index contributed by atoms with van der Waals surface area (Å²) in [6, 6.07) is 1.70. The Morgan fingerprint density at radius 3 is 2.80 bits per heavy atom. The Hall–Kier alpha value is 1.01. The van der Waals surface area contributed by atoms with Crippen LogP contribution in [0.1, 0.15) is 6.42 Å². The molecule has 0 aliphatic carbocycles. The van der Waals surface area contributed by atoms with Crippen molar-refractivity contribution in [2.45, 2.75) is 16.9 Å². The fraction of sp³-hybridized carbons (Fsp3) is 1.00. The Morgan fingerprint density at radius 1 is 1.60 bits per heavy atom. The maximum atomic E-state index is 1.70. The van der Waals surface area contributed by atoms with E-state index in [0.29, 0.717) is 7.07 Å². The van der Waals surface area contributed by atoms with Crippen molar-refractivity contribution >= 4 is 27.2 Å². The third kappa shape index (κ3) is 1.25. The molecule has 0 aromatic rings. The van der Waals surface area contributed by atoms with Gasteiger partial charge in [-0.25, -0.2) is 0 Å². The van der Waals surface area contributed by atoms with E-state index in [9.17, 15) is 0 Å². The quantitative estimate of drug-likeness (QED) is 0.483. The third-order valence-corrected chi connectivity index (χ3v) is 10.4. The number of hydrogen-bond donors (Lipinski definition) is 0.